The molecule has 2 fully saturated rings. The van der Waals surface area contributed by atoms with Gasteiger partial charge in [-0.2, -0.15) is 5.10 Å². The van der Waals surface area contributed by atoms with Crippen LogP contribution in [0, 0.1) is 0 Å². The fourth-order valence-electron chi connectivity index (χ4n) is 4.11. The molecule has 0 bridgehead atoms. The summed E-state index contributed by atoms with van der Waals surface area (Å²) in [5, 5.41) is 15.4. The first-order valence-electron chi connectivity index (χ1n) is 10.7. The summed E-state index contributed by atoms with van der Waals surface area (Å²) < 4.78 is 33.0. The molecule has 14 heteroatoms. The Bertz CT molecular complexity index is 1310. The van der Waals surface area contributed by atoms with Crippen molar-refractivity contribution in [3.8, 4) is 0 Å². The average molecular weight is 507 g/mol. The van der Waals surface area contributed by atoms with Crippen LogP contribution < -0.4 is 5.32 Å². The number of ether oxygens (including phenoxy) is 1. The van der Waals surface area contributed by atoms with E-state index in [2.05, 4.69) is 15.4 Å². The molecule has 3 aliphatic rings. The summed E-state index contributed by atoms with van der Waals surface area (Å²) >= 11 is 1.21. The number of nitrogens with zero attached hydrogens (tertiary/aromatic N) is 4. The first-order chi connectivity index (χ1) is 16.7. The van der Waals surface area contributed by atoms with Crippen LogP contribution in [0.4, 0.5) is 8.78 Å². The zero-order valence-corrected chi connectivity index (χ0v) is 19.1. The van der Waals surface area contributed by atoms with Crippen LogP contribution in [0.5, 0.6) is 0 Å². The van der Waals surface area contributed by atoms with Gasteiger partial charge < -0.3 is 15.2 Å². The van der Waals surface area contributed by atoms with E-state index in [0.717, 1.165) is 28.5 Å². The summed E-state index contributed by atoms with van der Waals surface area (Å²) in [5.74, 6) is -3.08. The summed E-state index contributed by atoms with van der Waals surface area (Å²) in [7, 11) is 0. The number of carbonyl (C=O) groups is 4. The molecule has 2 atom stereocenters. The van der Waals surface area contributed by atoms with Crippen molar-refractivity contribution in [3.05, 3.63) is 40.5 Å². The monoisotopic (exact) mass is 507 g/mol. The van der Waals surface area contributed by atoms with E-state index in [1.54, 1.807) is 0 Å². The minimum absolute atomic E-state index is 0.0306. The van der Waals surface area contributed by atoms with E-state index in [1.807, 2.05) is 0 Å². The van der Waals surface area contributed by atoms with E-state index in [1.165, 1.54) is 24.8 Å². The van der Waals surface area contributed by atoms with Gasteiger partial charge in [0.15, 0.2) is 5.65 Å². The number of thioether (sulfide) groups is 1. The molecule has 184 valence electrons. The number of esters is 1. The molecular formula is C21H19F2N5O6S. The number of aliphatic carboxylic acids is 1. The van der Waals surface area contributed by atoms with Crippen molar-refractivity contribution in [2.24, 2.45) is 0 Å². The van der Waals surface area contributed by atoms with E-state index in [0.29, 0.717) is 5.69 Å². The number of carboxylic acids is 1. The molecule has 35 heavy (non-hydrogen) atoms. The van der Waals surface area contributed by atoms with E-state index < -0.39 is 41.6 Å². The van der Waals surface area contributed by atoms with Crippen LogP contribution in [-0.4, -0.2) is 72.1 Å². The molecule has 5 rings (SSSR count). The van der Waals surface area contributed by atoms with Gasteiger partial charge in [0, 0.05) is 29.9 Å². The summed E-state index contributed by atoms with van der Waals surface area (Å²) in [4.78, 5) is 54.2. The van der Waals surface area contributed by atoms with Crippen LogP contribution in [0.1, 0.15) is 53.9 Å². The highest BCUT2D eigenvalue weighted by molar-refractivity contribution is 8.00. The van der Waals surface area contributed by atoms with Gasteiger partial charge in [0.2, 0.25) is 0 Å². The smallest absolute Gasteiger partial charge is 0.352 e. The predicted molar refractivity (Wildman–Crippen MR) is 116 cm³/mol. The van der Waals surface area contributed by atoms with E-state index >= 15 is 0 Å². The maximum atomic E-state index is 13.6. The van der Waals surface area contributed by atoms with Crippen molar-refractivity contribution >= 4 is 41.2 Å². The highest BCUT2D eigenvalue weighted by Crippen LogP contribution is 2.41. The summed E-state index contributed by atoms with van der Waals surface area (Å²) in [6, 6.07) is 0.261. The second-order valence-electron chi connectivity index (χ2n) is 8.37. The second-order valence-corrected chi connectivity index (χ2v) is 9.48. The number of rotatable bonds is 7. The minimum Gasteiger partial charge on any atom is -0.477 e. The lowest BCUT2D eigenvalue weighted by Gasteiger charge is -2.49. The SMILES string of the molecule is CC(=O)OCC1=C(C(=O)O)N2C(=O)[C@@H](NC(=O)c3cnn4c(C(F)F)cc(C5CC5)nc34)[C@@H]2SC1. The molecule has 2 N–H and O–H groups in total. The van der Waals surface area contributed by atoms with Gasteiger partial charge in [0.05, 0.1) is 6.20 Å². The Hall–Kier alpha value is -3.55. The number of aromatic nitrogens is 3. The molecule has 0 aromatic carbocycles. The third-order valence-electron chi connectivity index (χ3n) is 5.97. The fourth-order valence-corrected chi connectivity index (χ4v) is 5.44. The van der Waals surface area contributed by atoms with Crippen LogP contribution in [0.2, 0.25) is 0 Å². The molecule has 0 unspecified atom stereocenters. The Kier molecular flexibility index (Phi) is 5.69. The summed E-state index contributed by atoms with van der Waals surface area (Å²) in [6.45, 7) is 0.925. The van der Waals surface area contributed by atoms with Crippen molar-refractivity contribution in [2.75, 3.05) is 12.4 Å². The number of carboxylic acid groups (broad SMARTS) is 1. The number of halogens is 2. The van der Waals surface area contributed by atoms with Crippen molar-refractivity contribution in [1.29, 1.82) is 0 Å². The molecule has 2 amide bonds. The van der Waals surface area contributed by atoms with E-state index in [4.69, 9.17) is 4.74 Å². The zero-order valence-electron chi connectivity index (χ0n) is 18.2. The molecule has 4 heterocycles. The van der Waals surface area contributed by atoms with E-state index in [-0.39, 0.29) is 46.5 Å². The molecule has 11 nitrogen and oxygen atoms in total. The van der Waals surface area contributed by atoms with Crippen molar-refractivity contribution in [1.82, 2.24) is 24.8 Å². The van der Waals surface area contributed by atoms with Gasteiger partial charge in [-0.3, -0.25) is 19.3 Å². The molecule has 2 aromatic rings. The number of nitrogens with one attached hydrogen (secondary N) is 1. The lowest BCUT2D eigenvalue weighted by atomic mass is 10.0. The van der Waals surface area contributed by atoms with Crippen LogP contribution in [-0.2, 0) is 19.1 Å². The largest absolute Gasteiger partial charge is 0.477 e. The predicted octanol–water partition coefficient (Wildman–Crippen LogP) is 1.46. The molecular weight excluding hydrogens is 488 g/mol. The van der Waals surface area contributed by atoms with E-state index in [9.17, 15) is 33.1 Å². The van der Waals surface area contributed by atoms with Gasteiger partial charge in [0.1, 0.15) is 35.0 Å². The molecule has 1 aliphatic carbocycles. The third kappa shape index (κ3) is 4.00. The maximum absolute atomic E-state index is 13.6. The maximum Gasteiger partial charge on any atom is 0.352 e. The van der Waals surface area contributed by atoms with Crippen molar-refractivity contribution < 1.29 is 37.8 Å². The normalized spacial score (nSPS) is 21.7. The van der Waals surface area contributed by atoms with Gasteiger partial charge in [-0.25, -0.2) is 23.1 Å². The van der Waals surface area contributed by atoms with Gasteiger partial charge in [-0.15, -0.1) is 11.8 Å². The van der Waals surface area contributed by atoms with Gasteiger partial charge >= 0.3 is 11.9 Å². The fraction of sp³-hybridized carbons (Fsp3) is 0.429. The Morgan fingerprint density at radius 3 is 2.71 bits per heavy atom. The highest BCUT2D eigenvalue weighted by atomic mass is 32.2. The first-order valence-corrected chi connectivity index (χ1v) is 11.7. The topological polar surface area (TPSA) is 143 Å². The second kappa shape index (κ2) is 8.59. The number of hydrogen-bond acceptors (Lipinski definition) is 8. The molecule has 0 spiro atoms. The summed E-state index contributed by atoms with van der Waals surface area (Å²) in [5.41, 5.74) is -0.0124. The van der Waals surface area contributed by atoms with Crippen LogP contribution in [0.25, 0.3) is 5.65 Å². The first kappa shape index (κ1) is 23.2. The number of fused-ring (bicyclic) bond motifs is 2. The Labute approximate surface area is 200 Å². The Morgan fingerprint density at radius 2 is 2.09 bits per heavy atom. The number of β-lactam (4-membered cyclic amide) rings is 1. The molecule has 2 aliphatic heterocycles. The van der Waals surface area contributed by atoms with Crippen molar-refractivity contribution in [2.45, 2.75) is 43.5 Å². The molecule has 2 aromatic heterocycles. The minimum atomic E-state index is -2.82. The average Bonchev–Trinajstić information content (AvgIpc) is 3.58. The van der Waals surface area contributed by atoms with Crippen LogP contribution in [0.15, 0.2) is 23.5 Å². The van der Waals surface area contributed by atoms with Gasteiger partial charge in [-0.05, 0) is 18.9 Å². The standard InChI is InChI=1S/C21H19F2N5O6S/c1-8(29)34-6-10-7-35-20-14(19(31)27(20)15(10)21(32)33)26-18(30)11-5-24-28-13(16(22)23)4-12(9-2-3-9)25-17(11)28/h4-5,9,14,16,20H,2-3,6-7H2,1H3,(H,26,30)(H,32,33)/t14-,20+/m1/s1. The van der Waals surface area contributed by atoms with Crippen molar-refractivity contribution in [3.63, 3.8) is 0 Å². The zero-order chi connectivity index (χ0) is 25.0. The molecule has 1 saturated carbocycles. The Balaban J connectivity index is 1.39. The van der Waals surface area contributed by atoms with Gasteiger partial charge in [0.25, 0.3) is 18.2 Å². The number of hydrogen-bond donors (Lipinski definition) is 2. The number of carbonyl (C=O) groups excluding carboxylic acids is 3. The molecule has 0 radical (unpaired) electrons. The Morgan fingerprint density at radius 1 is 1.34 bits per heavy atom. The lowest BCUT2D eigenvalue weighted by molar-refractivity contribution is -0.149. The number of alkyl halides is 2. The van der Waals surface area contributed by atoms with Crippen LogP contribution >= 0.6 is 11.8 Å². The summed E-state index contributed by atoms with van der Waals surface area (Å²) in [6.07, 6.45) is -0.0524. The van der Waals surface area contributed by atoms with Gasteiger partial charge in [-0.1, -0.05) is 0 Å². The quantitative estimate of drug-likeness (QED) is 0.420. The van der Waals surface area contributed by atoms with Crippen LogP contribution in [0.3, 0.4) is 0 Å². The highest BCUT2D eigenvalue weighted by Gasteiger charge is 2.54. The lowest BCUT2D eigenvalue weighted by Crippen LogP contribution is -2.70. The molecule has 1 saturated heterocycles. The third-order valence-corrected chi connectivity index (χ3v) is 7.31. The number of amides is 2.